The van der Waals surface area contributed by atoms with Gasteiger partial charge in [-0.3, -0.25) is 0 Å². The lowest BCUT2D eigenvalue weighted by atomic mass is 9.97. The van der Waals surface area contributed by atoms with E-state index in [0.717, 1.165) is 54.7 Å². The number of para-hydroxylation sites is 2. The van der Waals surface area contributed by atoms with Gasteiger partial charge in [0.15, 0.2) is 0 Å². The molecule has 210 valence electrons. The van der Waals surface area contributed by atoms with E-state index in [1.165, 1.54) is 0 Å². The predicted octanol–water partition coefficient (Wildman–Crippen LogP) is 9.03. The summed E-state index contributed by atoms with van der Waals surface area (Å²) in [5.41, 5.74) is 8.56. The second kappa shape index (κ2) is 10.3. The minimum absolute atomic E-state index is 0.443. The average Bonchev–Trinajstić information content (AvgIpc) is 3.62. The highest BCUT2D eigenvalue weighted by molar-refractivity contribution is 6.12. The van der Waals surface area contributed by atoms with Crippen LogP contribution in [0.25, 0.3) is 66.1 Å². The van der Waals surface area contributed by atoms with Crippen molar-refractivity contribution in [3.63, 3.8) is 0 Å². The molecule has 0 amide bonds. The fourth-order valence-electron chi connectivity index (χ4n) is 6.68. The standard InChI is InChI=1S/C40H20N6/c41-21-25-6-5-7-28(18-25)29-14-17-39(45-35-10-3-1-8-30(35)32-19-26(22-42)12-15-37(32)45)34(24-44)40(29)46-36-11-4-2-9-31(36)33-20-27(23-43)13-16-38(33)46/h1-20H. The van der Waals surface area contributed by atoms with Crippen molar-refractivity contribution in [2.75, 3.05) is 0 Å². The largest absolute Gasteiger partial charge is 0.308 e. The molecule has 0 aliphatic carbocycles. The highest BCUT2D eigenvalue weighted by Crippen LogP contribution is 2.42. The fraction of sp³-hybridized carbons (Fsp3) is 0. The molecule has 0 fully saturated rings. The minimum atomic E-state index is 0.443. The third-order valence-corrected chi connectivity index (χ3v) is 8.64. The summed E-state index contributed by atoms with van der Waals surface area (Å²) in [6.45, 7) is 0. The molecule has 0 atom stereocenters. The van der Waals surface area contributed by atoms with Gasteiger partial charge in [0.2, 0.25) is 0 Å². The summed E-state index contributed by atoms with van der Waals surface area (Å²) < 4.78 is 4.19. The van der Waals surface area contributed by atoms with Gasteiger partial charge in [0, 0.05) is 27.1 Å². The number of aromatic nitrogens is 2. The van der Waals surface area contributed by atoms with Crippen molar-refractivity contribution < 1.29 is 0 Å². The SMILES string of the molecule is N#Cc1cccc(-c2ccc(-n3c4ccccc4c4cc(C#N)ccc43)c(C#N)c2-n2c3ccccc3c3cc(C#N)ccc32)c1. The Morgan fingerprint density at radius 1 is 0.413 bits per heavy atom. The van der Waals surface area contributed by atoms with E-state index in [4.69, 9.17) is 0 Å². The summed E-state index contributed by atoms with van der Waals surface area (Å²) in [4.78, 5) is 0. The number of rotatable bonds is 3. The maximum absolute atomic E-state index is 11.1. The molecule has 0 bridgehead atoms. The summed E-state index contributed by atoms with van der Waals surface area (Å²) in [5, 5.41) is 44.0. The highest BCUT2D eigenvalue weighted by Gasteiger charge is 2.24. The van der Waals surface area contributed by atoms with Crippen LogP contribution in [0.3, 0.4) is 0 Å². The maximum Gasteiger partial charge on any atom is 0.104 e. The summed E-state index contributed by atoms with van der Waals surface area (Å²) >= 11 is 0. The lowest BCUT2D eigenvalue weighted by molar-refractivity contribution is 1.12. The van der Waals surface area contributed by atoms with Gasteiger partial charge in [-0.05, 0) is 72.3 Å². The molecular weight excluding hydrogens is 564 g/mol. The minimum Gasteiger partial charge on any atom is -0.308 e. The molecule has 8 rings (SSSR count). The predicted molar refractivity (Wildman–Crippen MR) is 179 cm³/mol. The number of nitrogens with zero attached hydrogens (tertiary/aromatic N) is 6. The molecule has 8 aromatic rings. The van der Waals surface area contributed by atoms with Gasteiger partial charge in [0.25, 0.3) is 0 Å². The van der Waals surface area contributed by atoms with Gasteiger partial charge in [0.05, 0.1) is 68.3 Å². The van der Waals surface area contributed by atoms with E-state index < -0.39 is 0 Å². The van der Waals surface area contributed by atoms with Crippen molar-refractivity contribution in [2.45, 2.75) is 0 Å². The van der Waals surface area contributed by atoms with Crippen molar-refractivity contribution in [2.24, 2.45) is 0 Å². The van der Waals surface area contributed by atoms with Crippen LogP contribution in [-0.4, -0.2) is 9.13 Å². The monoisotopic (exact) mass is 584 g/mol. The van der Waals surface area contributed by atoms with Crippen molar-refractivity contribution in [1.29, 1.82) is 21.0 Å². The van der Waals surface area contributed by atoms with Crippen LogP contribution in [-0.2, 0) is 0 Å². The van der Waals surface area contributed by atoms with Crippen molar-refractivity contribution >= 4 is 43.6 Å². The van der Waals surface area contributed by atoms with Gasteiger partial charge in [0.1, 0.15) is 11.6 Å². The molecule has 0 spiro atoms. The average molecular weight is 585 g/mol. The summed E-state index contributed by atoms with van der Waals surface area (Å²) in [5.74, 6) is 0. The van der Waals surface area contributed by atoms with Crippen LogP contribution in [0.1, 0.15) is 22.3 Å². The lowest BCUT2D eigenvalue weighted by Gasteiger charge is -2.20. The van der Waals surface area contributed by atoms with Crippen LogP contribution in [0, 0.1) is 45.3 Å². The van der Waals surface area contributed by atoms with Crippen LogP contribution in [0.4, 0.5) is 0 Å². The molecule has 6 heteroatoms. The molecule has 0 N–H and O–H groups in total. The van der Waals surface area contributed by atoms with E-state index >= 15 is 0 Å². The normalized spacial score (nSPS) is 11.0. The molecule has 6 aromatic carbocycles. The highest BCUT2D eigenvalue weighted by atomic mass is 15.0. The Bertz CT molecular complexity index is 2750. The molecule has 0 saturated carbocycles. The quantitative estimate of drug-likeness (QED) is 0.207. The molecule has 0 saturated heterocycles. The van der Waals surface area contributed by atoms with Crippen LogP contribution in [0.15, 0.2) is 121 Å². The van der Waals surface area contributed by atoms with Crippen LogP contribution in [0.5, 0.6) is 0 Å². The molecule has 0 aliphatic heterocycles. The molecule has 0 unspecified atom stereocenters. The zero-order valence-electron chi connectivity index (χ0n) is 24.2. The topological polar surface area (TPSA) is 105 Å². The number of benzene rings is 6. The Kier molecular flexibility index (Phi) is 5.91. The molecule has 0 aliphatic rings. The van der Waals surface area contributed by atoms with Gasteiger partial charge in [-0.15, -0.1) is 0 Å². The molecule has 6 nitrogen and oxygen atoms in total. The van der Waals surface area contributed by atoms with Crippen LogP contribution in [0.2, 0.25) is 0 Å². The molecule has 0 radical (unpaired) electrons. The maximum atomic E-state index is 11.1. The van der Waals surface area contributed by atoms with E-state index in [1.54, 1.807) is 18.2 Å². The first kappa shape index (κ1) is 26.5. The van der Waals surface area contributed by atoms with E-state index in [1.807, 2.05) is 103 Å². The third kappa shape index (κ3) is 3.79. The lowest BCUT2D eigenvalue weighted by Crippen LogP contribution is -2.06. The molecular formula is C40H20N6. The van der Waals surface area contributed by atoms with E-state index in [9.17, 15) is 21.0 Å². The van der Waals surface area contributed by atoms with Crippen molar-refractivity contribution in [3.8, 4) is 46.8 Å². The third-order valence-electron chi connectivity index (χ3n) is 8.64. The Morgan fingerprint density at radius 2 is 0.957 bits per heavy atom. The molecule has 2 heterocycles. The molecule has 46 heavy (non-hydrogen) atoms. The number of fused-ring (bicyclic) bond motifs is 6. The van der Waals surface area contributed by atoms with E-state index in [0.29, 0.717) is 33.6 Å². The van der Waals surface area contributed by atoms with Gasteiger partial charge in [-0.25, -0.2) is 0 Å². The Hall–Kier alpha value is -7.12. The van der Waals surface area contributed by atoms with E-state index in [2.05, 4.69) is 33.4 Å². The zero-order chi connectivity index (χ0) is 31.4. The summed E-state index contributed by atoms with van der Waals surface area (Å²) in [6.07, 6.45) is 0. The number of hydrogen-bond donors (Lipinski definition) is 0. The zero-order valence-corrected chi connectivity index (χ0v) is 24.2. The van der Waals surface area contributed by atoms with Gasteiger partial charge < -0.3 is 9.13 Å². The van der Waals surface area contributed by atoms with Crippen molar-refractivity contribution in [3.05, 3.63) is 144 Å². The van der Waals surface area contributed by atoms with Gasteiger partial charge in [-0.1, -0.05) is 54.6 Å². The molecule has 2 aromatic heterocycles. The first-order valence-corrected chi connectivity index (χ1v) is 14.6. The Morgan fingerprint density at radius 3 is 1.57 bits per heavy atom. The van der Waals surface area contributed by atoms with E-state index in [-0.39, 0.29) is 0 Å². The smallest absolute Gasteiger partial charge is 0.104 e. The van der Waals surface area contributed by atoms with Gasteiger partial charge in [-0.2, -0.15) is 21.0 Å². The number of nitriles is 4. The summed E-state index contributed by atoms with van der Waals surface area (Å²) in [7, 11) is 0. The Balaban J connectivity index is 1.57. The Labute approximate surface area is 263 Å². The first-order valence-electron chi connectivity index (χ1n) is 14.6. The fourth-order valence-corrected chi connectivity index (χ4v) is 6.68. The number of hydrogen-bond acceptors (Lipinski definition) is 4. The summed E-state index contributed by atoms with van der Waals surface area (Å²) in [6, 6.07) is 47.9. The van der Waals surface area contributed by atoms with Gasteiger partial charge >= 0.3 is 0 Å². The van der Waals surface area contributed by atoms with Crippen LogP contribution >= 0.6 is 0 Å². The first-order chi connectivity index (χ1) is 22.6. The second-order valence-electron chi connectivity index (χ2n) is 11.1. The second-order valence-corrected chi connectivity index (χ2v) is 11.1. The van der Waals surface area contributed by atoms with Crippen molar-refractivity contribution in [1.82, 2.24) is 9.13 Å². The van der Waals surface area contributed by atoms with Crippen LogP contribution < -0.4 is 0 Å².